The molecule has 0 saturated carbocycles. The summed E-state index contributed by atoms with van der Waals surface area (Å²) in [4.78, 5) is 13.1. The van der Waals surface area contributed by atoms with Crippen molar-refractivity contribution in [1.82, 2.24) is 10.3 Å². The first-order chi connectivity index (χ1) is 13.2. The molecule has 0 amide bonds. The standard InChI is InChI=1S/C19H16N4O4/c24-12-5-3-10(4-6-12)17-16-13(20-18-19(21-17)23-27-22-18)8-11(9-14(16)25)15-2-1-7-26-15/h1-7,11,17,24H,8-9H2,(H,20,22)(H,21,23)/t11-,17-/m1/s1. The Morgan fingerprint density at radius 3 is 2.67 bits per heavy atom. The molecule has 3 heterocycles. The van der Waals surface area contributed by atoms with E-state index in [1.165, 1.54) is 0 Å². The number of furan rings is 1. The number of fused-ring (bicyclic) bond motifs is 1. The van der Waals surface area contributed by atoms with Crippen molar-refractivity contribution in [3.63, 3.8) is 0 Å². The fourth-order valence-electron chi connectivity index (χ4n) is 3.74. The van der Waals surface area contributed by atoms with Crippen LogP contribution in [0.5, 0.6) is 5.75 Å². The molecule has 2 aromatic heterocycles. The summed E-state index contributed by atoms with van der Waals surface area (Å²) >= 11 is 0. The molecule has 8 nitrogen and oxygen atoms in total. The number of Topliss-reactive ketones (excluding diaryl/α,β-unsaturated/α-hetero) is 1. The van der Waals surface area contributed by atoms with E-state index in [1.54, 1.807) is 30.5 Å². The third-order valence-electron chi connectivity index (χ3n) is 5.01. The highest BCUT2D eigenvalue weighted by atomic mass is 16.6. The van der Waals surface area contributed by atoms with E-state index in [-0.39, 0.29) is 17.5 Å². The van der Waals surface area contributed by atoms with E-state index in [0.717, 1.165) is 17.0 Å². The molecule has 8 heteroatoms. The maximum Gasteiger partial charge on any atom is 0.219 e. The molecule has 27 heavy (non-hydrogen) atoms. The molecule has 0 unspecified atom stereocenters. The van der Waals surface area contributed by atoms with E-state index in [0.29, 0.717) is 30.1 Å². The molecule has 0 bridgehead atoms. The molecule has 2 atom stereocenters. The minimum absolute atomic E-state index is 0.0258. The molecule has 0 fully saturated rings. The van der Waals surface area contributed by atoms with Crippen molar-refractivity contribution in [2.75, 3.05) is 10.6 Å². The number of nitrogens with one attached hydrogen (secondary N) is 2. The number of allylic oxidation sites excluding steroid dienone is 1. The molecule has 2 aliphatic rings. The Bertz CT molecular complexity index is 1020. The summed E-state index contributed by atoms with van der Waals surface area (Å²) in [5.41, 5.74) is 2.25. The summed E-state index contributed by atoms with van der Waals surface area (Å²) < 4.78 is 10.4. The summed E-state index contributed by atoms with van der Waals surface area (Å²) in [5, 5.41) is 23.8. The zero-order chi connectivity index (χ0) is 18.4. The molecule has 0 radical (unpaired) electrons. The van der Waals surface area contributed by atoms with Crippen LogP contribution in [0.3, 0.4) is 0 Å². The molecular formula is C19H16N4O4. The van der Waals surface area contributed by atoms with Crippen molar-refractivity contribution in [3.05, 3.63) is 65.3 Å². The number of phenols is 1. The number of aromatic hydroxyl groups is 1. The smallest absolute Gasteiger partial charge is 0.219 e. The normalized spacial score (nSPS) is 21.7. The van der Waals surface area contributed by atoms with E-state index in [1.807, 2.05) is 12.1 Å². The number of phenolic OH excluding ortho intramolecular Hbond substituents is 1. The number of ketones is 1. The van der Waals surface area contributed by atoms with Crippen LogP contribution in [-0.2, 0) is 4.79 Å². The third kappa shape index (κ3) is 2.66. The SMILES string of the molecule is O=C1C[C@H](c2ccco2)CC2=C1[C@@H](c1ccc(O)cc1)Nc1nonc1N2. The predicted molar refractivity (Wildman–Crippen MR) is 95.1 cm³/mol. The summed E-state index contributed by atoms with van der Waals surface area (Å²) in [5.74, 6) is 1.81. The molecule has 136 valence electrons. The van der Waals surface area contributed by atoms with Gasteiger partial charge in [0.25, 0.3) is 0 Å². The van der Waals surface area contributed by atoms with Crippen LogP contribution < -0.4 is 10.6 Å². The van der Waals surface area contributed by atoms with E-state index in [2.05, 4.69) is 20.9 Å². The van der Waals surface area contributed by atoms with Gasteiger partial charge in [0.05, 0.1) is 12.3 Å². The van der Waals surface area contributed by atoms with Gasteiger partial charge in [0, 0.05) is 23.6 Å². The Kier molecular flexibility index (Phi) is 3.49. The van der Waals surface area contributed by atoms with Crippen molar-refractivity contribution in [2.24, 2.45) is 0 Å². The highest BCUT2D eigenvalue weighted by molar-refractivity contribution is 6.00. The highest BCUT2D eigenvalue weighted by Gasteiger charge is 2.38. The lowest BCUT2D eigenvalue weighted by Crippen LogP contribution is -2.26. The van der Waals surface area contributed by atoms with Crippen molar-refractivity contribution in [3.8, 4) is 5.75 Å². The topological polar surface area (TPSA) is 113 Å². The first-order valence-electron chi connectivity index (χ1n) is 8.63. The van der Waals surface area contributed by atoms with E-state index in [9.17, 15) is 9.90 Å². The average molecular weight is 364 g/mol. The van der Waals surface area contributed by atoms with E-state index < -0.39 is 6.04 Å². The molecule has 3 aromatic rings. The lowest BCUT2D eigenvalue weighted by Gasteiger charge is -2.28. The van der Waals surface area contributed by atoms with Crippen LogP contribution in [0.15, 0.2) is 63.0 Å². The molecule has 1 aromatic carbocycles. The van der Waals surface area contributed by atoms with Crippen LogP contribution in [0, 0.1) is 0 Å². The van der Waals surface area contributed by atoms with Gasteiger partial charge in [-0.15, -0.1) is 0 Å². The fourth-order valence-corrected chi connectivity index (χ4v) is 3.74. The summed E-state index contributed by atoms with van der Waals surface area (Å²) in [6.45, 7) is 0. The van der Waals surface area contributed by atoms with Gasteiger partial charge in [0.1, 0.15) is 11.5 Å². The Labute approximate surface area is 153 Å². The van der Waals surface area contributed by atoms with Crippen LogP contribution in [0.4, 0.5) is 11.6 Å². The third-order valence-corrected chi connectivity index (χ3v) is 5.01. The second kappa shape index (κ2) is 6.01. The van der Waals surface area contributed by atoms with Gasteiger partial charge < -0.3 is 20.2 Å². The van der Waals surface area contributed by atoms with Gasteiger partial charge >= 0.3 is 0 Å². The zero-order valence-electron chi connectivity index (χ0n) is 14.2. The van der Waals surface area contributed by atoms with Gasteiger partial charge in [-0.1, -0.05) is 12.1 Å². The number of nitrogens with zero attached hydrogens (tertiary/aromatic N) is 2. The molecule has 3 N–H and O–H groups in total. The monoisotopic (exact) mass is 364 g/mol. The summed E-state index contributed by atoms with van der Waals surface area (Å²) in [6, 6.07) is 10.0. The molecular weight excluding hydrogens is 348 g/mol. The molecule has 0 saturated heterocycles. The van der Waals surface area contributed by atoms with Crippen molar-refractivity contribution in [1.29, 1.82) is 0 Å². The highest BCUT2D eigenvalue weighted by Crippen LogP contribution is 2.43. The Hall–Kier alpha value is -3.55. The van der Waals surface area contributed by atoms with E-state index >= 15 is 0 Å². The van der Waals surface area contributed by atoms with Gasteiger partial charge in [-0.05, 0) is 46.6 Å². The molecule has 1 aliphatic carbocycles. The Morgan fingerprint density at radius 1 is 1.07 bits per heavy atom. The Balaban J connectivity index is 1.61. The zero-order valence-corrected chi connectivity index (χ0v) is 14.2. The predicted octanol–water partition coefficient (Wildman–Crippen LogP) is 3.35. The maximum absolute atomic E-state index is 13.1. The minimum Gasteiger partial charge on any atom is -0.508 e. The van der Waals surface area contributed by atoms with Crippen molar-refractivity contribution < 1.29 is 18.9 Å². The van der Waals surface area contributed by atoms with Gasteiger partial charge in [-0.25, -0.2) is 4.63 Å². The van der Waals surface area contributed by atoms with Crippen LogP contribution in [-0.4, -0.2) is 21.2 Å². The van der Waals surface area contributed by atoms with Gasteiger partial charge in [-0.3, -0.25) is 4.79 Å². The lowest BCUT2D eigenvalue weighted by atomic mass is 9.80. The van der Waals surface area contributed by atoms with Crippen LogP contribution in [0.25, 0.3) is 0 Å². The number of benzene rings is 1. The number of aromatic nitrogens is 2. The summed E-state index contributed by atoms with van der Waals surface area (Å²) in [6.07, 6.45) is 2.58. The van der Waals surface area contributed by atoms with Crippen molar-refractivity contribution >= 4 is 17.4 Å². The molecule has 0 spiro atoms. The van der Waals surface area contributed by atoms with Crippen LogP contribution in [0.2, 0.25) is 0 Å². The largest absolute Gasteiger partial charge is 0.508 e. The number of carbonyl (C=O) groups is 1. The minimum atomic E-state index is -0.425. The first kappa shape index (κ1) is 15.7. The second-order valence-electron chi connectivity index (χ2n) is 6.69. The molecule has 1 aliphatic heterocycles. The number of anilines is 2. The summed E-state index contributed by atoms with van der Waals surface area (Å²) in [7, 11) is 0. The number of rotatable bonds is 2. The number of hydrogen-bond acceptors (Lipinski definition) is 8. The van der Waals surface area contributed by atoms with Gasteiger partial charge in [0.2, 0.25) is 11.6 Å². The lowest BCUT2D eigenvalue weighted by molar-refractivity contribution is -0.116. The average Bonchev–Trinajstić information content (AvgIpc) is 3.31. The number of hydrogen-bond donors (Lipinski definition) is 3. The van der Waals surface area contributed by atoms with Crippen LogP contribution >= 0.6 is 0 Å². The van der Waals surface area contributed by atoms with Crippen molar-refractivity contribution in [2.45, 2.75) is 24.8 Å². The molecule has 5 rings (SSSR count). The quantitative estimate of drug-likeness (QED) is 0.634. The first-order valence-corrected chi connectivity index (χ1v) is 8.63. The van der Waals surface area contributed by atoms with Crippen LogP contribution in [0.1, 0.15) is 36.1 Å². The fraction of sp³-hybridized carbons (Fsp3) is 0.211. The second-order valence-corrected chi connectivity index (χ2v) is 6.69. The Morgan fingerprint density at radius 2 is 1.89 bits per heavy atom. The number of carbonyl (C=O) groups excluding carboxylic acids is 1. The van der Waals surface area contributed by atoms with Gasteiger partial charge in [0.15, 0.2) is 5.78 Å². The van der Waals surface area contributed by atoms with Gasteiger partial charge in [-0.2, -0.15) is 0 Å². The van der Waals surface area contributed by atoms with E-state index in [4.69, 9.17) is 9.05 Å². The maximum atomic E-state index is 13.1.